The molecule has 0 aliphatic rings. The van der Waals surface area contributed by atoms with Crippen LogP contribution in [-0.2, 0) is 17.8 Å². The van der Waals surface area contributed by atoms with E-state index in [2.05, 4.69) is 71.0 Å². The summed E-state index contributed by atoms with van der Waals surface area (Å²) in [6.45, 7) is 15.9. The summed E-state index contributed by atoms with van der Waals surface area (Å²) in [6.07, 6.45) is -0.430. The number of aliphatic imine (C=N–C) groups is 1. The van der Waals surface area contributed by atoms with Gasteiger partial charge in [-0.3, -0.25) is 9.89 Å². The van der Waals surface area contributed by atoms with Crippen LogP contribution < -0.4 is 16.0 Å². The molecule has 0 saturated heterocycles. The molecular weight excluding hydrogens is 505 g/mol. The second-order valence-corrected chi connectivity index (χ2v) is 9.57. The molecule has 3 N–H and O–H groups in total. The van der Waals surface area contributed by atoms with Crippen molar-refractivity contribution >= 4 is 36.0 Å². The van der Waals surface area contributed by atoms with Crippen molar-refractivity contribution in [1.82, 2.24) is 20.9 Å². The maximum absolute atomic E-state index is 12.1. The zero-order valence-corrected chi connectivity index (χ0v) is 23.0. The Bertz CT molecular complexity index is 714. The number of carbonyl (C=O) groups excluding carboxylic acids is 1. The highest BCUT2D eigenvalue weighted by Gasteiger charge is 2.24. The topological polar surface area (TPSA) is 78.0 Å². The molecule has 0 atom stereocenters. The number of guanidine groups is 1. The fourth-order valence-electron chi connectivity index (χ4n) is 2.66. The van der Waals surface area contributed by atoms with Gasteiger partial charge in [-0.1, -0.05) is 24.3 Å². The average molecular weight is 548 g/mol. The highest BCUT2D eigenvalue weighted by molar-refractivity contribution is 14.0. The zero-order chi connectivity index (χ0) is 22.9. The fraction of sp³-hybridized carbons (Fsp3) is 0.652. The summed E-state index contributed by atoms with van der Waals surface area (Å²) in [4.78, 5) is 18.7. The lowest BCUT2D eigenvalue weighted by Crippen LogP contribution is -2.54. The Labute approximate surface area is 205 Å². The Morgan fingerprint density at radius 2 is 1.68 bits per heavy atom. The monoisotopic (exact) mass is 547 g/mol. The van der Waals surface area contributed by atoms with E-state index in [1.807, 2.05) is 34.6 Å². The number of carbonyl (C=O) groups is 1. The highest BCUT2D eigenvalue weighted by Crippen LogP contribution is 2.13. The van der Waals surface area contributed by atoms with E-state index in [4.69, 9.17) is 4.74 Å². The number of hydrogen-bond acceptors (Lipinski definition) is 4. The Morgan fingerprint density at radius 1 is 1.10 bits per heavy atom. The van der Waals surface area contributed by atoms with Gasteiger partial charge in [0.2, 0.25) is 0 Å². The van der Waals surface area contributed by atoms with Gasteiger partial charge in [-0.25, -0.2) is 4.79 Å². The lowest BCUT2D eigenvalue weighted by atomic mass is 10.1. The number of benzene rings is 1. The Hall–Kier alpha value is -1.55. The van der Waals surface area contributed by atoms with Crippen molar-refractivity contribution in [3.63, 3.8) is 0 Å². The number of alkyl carbamates (subject to hydrolysis) is 1. The van der Waals surface area contributed by atoms with Gasteiger partial charge in [0.05, 0.1) is 5.54 Å². The van der Waals surface area contributed by atoms with Crippen LogP contribution in [0, 0.1) is 0 Å². The highest BCUT2D eigenvalue weighted by atomic mass is 127. The SMILES string of the molecule is CN=C(NCc1ccccc1CN(C)C(C)C)NCC(C)(C)NC(=O)OC(C)(C)C.I. The third-order valence-electron chi connectivity index (χ3n) is 4.63. The third kappa shape index (κ3) is 12.2. The van der Waals surface area contributed by atoms with Gasteiger partial charge in [-0.2, -0.15) is 0 Å². The van der Waals surface area contributed by atoms with Crippen LogP contribution in [0.4, 0.5) is 4.79 Å². The van der Waals surface area contributed by atoms with Crippen molar-refractivity contribution in [3.05, 3.63) is 35.4 Å². The van der Waals surface area contributed by atoms with Crippen molar-refractivity contribution in [3.8, 4) is 0 Å². The zero-order valence-electron chi connectivity index (χ0n) is 20.6. The van der Waals surface area contributed by atoms with Crippen molar-refractivity contribution in [2.45, 2.75) is 78.7 Å². The molecule has 0 heterocycles. The predicted molar refractivity (Wildman–Crippen MR) is 140 cm³/mol. The van der Waals surface area contributed by atoms with Crippen LogP contribution in [0.5, 0.6) is 0 Å². The largest absolute Gasteiger partial charge is 0.444 e. The third-order valence-corrected chi connectivity index (χ3v) is 4.63. The molecule has 1 aromatic rings. The smallest absolute Gasteiger partial charge is 0.408 e. The van der Waals surface area contributed by atoms with Crippen LogP contribution in [0.2, 0.25) is 0 Å². The second-order valence-electron chi connectivity index (χ2n) is 9.57. The van der Waals surface area contributed by atoms with Crippen molar-refractivity contribution < 1.29 is 9.53 Å². The number of amides is 1. The minimum Gasteiger partial charge on any atom is -0.444 e. The van der Waals surface area contributed by atoms with Crippen LogP contribution in [0.3, 0.4) is 0 Å². The summed E-state index contributed by atoms with van der Waals surface area (Å²) in [5.74, 6) is 0.682. The fourth-order valence-corrected chi connectivity index (χ4v) is 2.66. The maximum Gasteiger partial charge on any atom is 0.408 e. The van der Waals surface area contributed by atoms with Gasteiger partial charge < -0.3 is 20.7 Å². The van der Waals surface area contributed by atoms with Gasteiger partial charge in [0, 0.05) is 32.7 Å². The Balaban J connectivity index is 0.00000900. The molecule has 178 valence electrons. The van der Waals surface area contributed by atoms with E-state index in [-0.39, 0.29) is 24.0 Å². The van der Waals surface area contributed by atoms with Gasteiger partial charge in [-0.15, -0.1) is 24.0 Å². The van der Waals surface area contributed by atoms with Gasteiger partial charge in [0.25, 0.3) is 0 Å². The molecule has 7 nitrogen and oxygen atoms in total. The molecule has 1 rings (SSSR count). The second kappa shape index (κ2) is 13.1. The number of ether oxygens (including phenoxy) is 1. The van der Waals surface area contributed by atoms with Gasteiger partial charge >= 0.3 is 6.09 Å². The summed E-state index contributed by atoms with van der Waals surface area (Å²) in [5, 5.41) is 9.55. The van der Waals surface area contributed by atoms with E-state index in [1.165, 1.54) is 11.1 Å². The molecule has 0 bridgehead atoms. The summed E-state index contributed by atoms with van der Waals surface area (Å²) in [7, 11) is 3.87. The first-order valence-corrected chi connectivity index (χ1v) is 10.6. The predicted octanol–water partition coefficient (Wildman–Crippen LogP) is 4.11. The van der Waals surface area contributed by atoms with E-state index in [0.717, 1.165) is 6.54 Å². The lowest BCUT2D eigenvalue weighted by molar-refractivity contribution is 0.0474. The van der Waals surface area contributed by atoms with Gasteiger partial charge in [-0.05, 0) is 66.6 Å². The number of nitrogens with zero attached hydrogens (tertiary/aromatic N) is 2. The van der Waals surface area contributed by atoms with E-state index < -0.39 is 17.2 Å². The molecule has 31 heavy (non-hydrogen) atoms. The summed E-state index contributed by atoms with van der Waals surface area (Å²) in [5.41, 5.74) is 1.50. The van der Waals surface area contributed by atoms with E-state index in [9.17, 15) is 4.79 Å². The average Bonchev–Trinajstić information content (AvgIpc) is 2.60. The number of halogens is 1. The van der Waals surface area contributed by atoms with Crippen molar-refractivity contribution in [1.29, 1.82) is 0 Å². The quantitative estimate of drug-likeness (QED) is 0.260. The van der Waals surface area contributed by atoms with Crippen molar-refractivity contribution in [2.24, 2.45) is 4.99 Å². The summed E-state index contributed by atoms with van der Waals surface area (Å²) >= 11 is 0. The van der Waals surface area contributed by atoms with E-state index >= 15 is 0 Å². The van der Waals surface area contributed by atoms with Crippen LogP contribution in [0.25, 0.3) is 0 Å². The molecule has 1 amide bonds. The maximum atomic E-state index is 12.1. The summed E-state index contributed by atoms with van der Waals surface area (Å²) < 4.78 is 5.35. The van der Waals surface area contributed by atoms with E-state index in [1.54, 1.807) is 7.05 Å². The number of nitrogens with one attached hydrogen (secondary N) is 3. The molecule has 0 aromatic heterocycles. The van der Waals surface area contributed by atoms with Crippen LogP contribution in [-0.4, -0.2) is 54.8 Å². The first-order chi connectivity index (χ1) is 13.8. The Morgan fingerprint density at radius 3 is 2.19 bits per heavy atom. The molecule has 0 spiro atoms. The van der Waals surface area contributed by atoms with E-state index in [0.29, 0.717) is 25.1 Å². The molecule has 0 saturated carbocycles. The number of hydrogen-bond donors (Lipinski definition) is 3. The normalized spacial score (nSPS) is 12.4. The molecular formula is C23H42IN5O2. The minimum absolute atomic E-state index is 0. The molecule has 0 radical (unpaired) electrons. The first-order valence-electron chi connectivity index (χ1n) is 10.6. The van der Waals surface area contributed by atoms with Gasteiger partial charge in [0.15, 0.2) is 5.96 Å². The molecule has 0 aliphatic carbocycles. The van der Waals surface area contributed by atoms with Gasteiger partial charge in [0.1, 0.15) is 5.60 Å². The Kier molecular flexibility index (Phi) is 12.4. The van der Waals surface area contributed by atoms with Crippen LogP contribution >= 0.6 is 24.0 Å². The molecule has 0 fully saturated rings. The first kappa shape index (κ1) is 29.5. The number of rotatable bonds is 8. The summed E-state index contributed by atoms with van der Waals surface area (Å²) in [6, 6.07) is 8.92. The molecule has 8 heteroatoms. The molecule has 1 aromatic carbocycles. The molecule has 0 unspecified atom stereocenters. The standard InChI is InChI=1S/C23H41N5O2.HI/c1-17(2)28(9)15-19-13-11-10-12-18(19)14-25-20(24-8)26-16-23(6,7)27-21(29)30-22(3,4)5;/h10-13,17H,14-16H2,1-9H3,(H,27,29)(H2,24,25,26);1H. The lowest BCUT2D eigenvalue weighted by Gasteiger charge is -2.29. The minimum atomic E-state index is -0.526. The van der Waals surface area contributed by atoms with Crippen LogP contribution in [0.1, 0.15) is 59.6 Å². The molecule has 0 aliphatic heterocycles. The van der Waals surface area contributed by atoms with Crippen molar-refractivity contribution in [2.75, 3.05) is 20.6 Å². The van der Waals surface area contributed by atoms with Crippen LogP contribution in [0.15, 0.2) is 29.3 Å².